The van der Waals surface area contributed by atoms with Crippen molar-refractivity contribution in [1.29, 1.82) is 0 Å². The molecule has 0 amide bonds. The maximum absolute atomic E-state index is 11.1. The highest BCUT2D eigenvalue weighted by Crippen LogP contribution is 2.16. The molecule has 6 heteroatoms. The zero-order valence-electron chi connectivity index (χ0n) is 10.1. The molecule has 0 aliphatic rings. The van der Waals surface area contributed by atoms with Gasteiger partial charge in [-0.1, -0.05) is 30.3 Å². The molecule has 4 nitrogen and oxygen atoms in total. The summed E-state index contributed by atoms with van der Waals surface area (Å²) in [6, 6.07) is 9.91. The van der Waals surface area contributed by atoms with E-state index in [4.69, 9.17) is 12.2 Å². The summed E-state index contributed by atoms with van der Waals surface area (Å²) < 4.78 is 13.6. The number of H-pyrrole nitrogens is 1. The molecule has 2 aromatic rings. The Bertz CT molecular complexity index is 589. The third-order valence-corrected chi connectivity index (χ3v) is 3.78. The topological polar surface area (TPSA) is 50.7 Å². The molecule has 18 heavy (non-hydrogen) atoms. The minimum absolute atomic E-state index is 0.607. The lowest BCUT2D eigenvalue weighted by molar-refractivity contribution is 0.658. The van der Waals surface area contributed by atoms with Crippen LogP contribution in [0.1, 0.15) is 6.42 Å². The molecule has 0 bridgehead atoms. The van der Waals surface area contributed by atoms with Gasteiger partial charge in [-0.2, -0.15) is 5.10 Å². The van der Waals surface area contributed by atoms with Crippen LogP contribution >= 0.6 is 12.2 Å². The normalized spacial score (nSPS) is 12.5. The number of hydrogen-bond donors (Lipinski definition) is 1. The fourth-order valence-electron chi connectivity index (χ4n) is 1.76. The Morgan fingerprint density at radius 3 is 2.78 bits per heavy atom. The quantitative estimate of drug-likeness (QED) is 0.856. The van der Waals surface area contributed by atoms with Crippen molar-refractivity contribution in [2.45, 2.75) is 13.0 Å². The van der Waals surface area contributed by atoms with Crippen LogP contribution in [-0.4, -0.2) is 31.0 Å². The number of aromatic amines is 1. The van der Waals surface area contributed by atoms with Crippen molar-refractivity contribution < 1.29 is 4.21 Å². The van der Waals surface area contributed by atoms with Crippen LogP contribution in [0.2, 0.25) is 0 Å². The van der Waals surface area contributed by atoms with Gasteiger partial charge in [-0.05, 0) is 18.6 Å². The van der Waals surface area contributed by atoms with Gasteiger partial charge in [0.1, 0.15) is 0 Å². The van der Waals surface area contributed by atoms with Gasteiger partial charge in [-0.3, -0.25) is 9.31 Å². The summed E-state index contributed by atoms with van der Waals surface area (Å²) in [7, 11) is -0.763. The largest absolute Gasteiger partial charge is 0.300 e. The fraction of sp³-hybridized carbons (Fsp3) is 0.333. The molecule has 96 valence electrons. The molecule has 0 spiro atoms. The highest BCUT2D eigenvalue weighted by molar-refractivity contribution is 7.84. The molecule has 0 aliphatic carbocycles. The number of rotatable bonds is 5. The maximum atomic E-state index is 11.1. The highest BCUT2D eigenvalue weighted by Gasteiger charge is 2.07. The molecule has 0 aliphatic heterocycles. The van der Waals surface area contributed by atoms with Crippen molar-refractivity contribution in [3.8, 4) is 11.4 Å². The lowest BCUT2D eigenvalue weighted by Gasteiger charge is -2.05. The number of nitrogens with zero attached hydrogens (tertiary/aromatic N) is 2. The van der Waals surface area contributed by atoms with E-state index in [0.717, 1.165) is 24.4 Å². The average molecular weight is 281 g/mol. The van der Waals surface area contributed by atoms with Gasteiger partial charge in [0.2, 0.25) is 0 Å². The lowest BCUT2D eigenvalue weighted by atomic mass is 10.2. The molecule has 0 radical (unpaired) electrons. The van der Waals surface area contributed by atoms with Crippen molar-refractivity contribution in [3.63, 3.8) is 0 Å². The smallest absolute Gasteiger partial charge is 0.195 e. The van der Waals surface area contributed by atoms with Crippen LogP contribution in [-0.2, 0) is 17.3 Å². The van der Waals surface area contributed by atoms with E-state index in [2.05, 4.69) is 10.2 Å². The number of nitrogens with one attached hydrogen (secondary N) is 1. The highest BCUT2D eigenvalue weighted by atomic mass is 32.2. The molecule has 0 saturated heterocycles. The van der Waals surface area contributed by atoms with Gasteiger partial charge < -0.3 is 4.57 Å². The second kappa shape index (κ2) is 6.06. The number of benzene rings is 1. The van der Waals surface area contributed by atoms with E-state index in [-0.39, 0.29) is 0 Å². The minimum atomic E-state index is -0.763. The van der Waals surface area contributed by atoms with Crippen molar-refractivity contribution in [2.75, 3.05) is 12.0 Å². The van der Waals surface area contributed by atoms with Crippen LogP contribution in [0.5, 0.6) is 0 Å². The lowest BCUT2D eigenvalue weighted by Crippen LogP contribution is -2.05. The van der Waals surface area contributed by atoms with Gasteiger partial charge in [0.05, 0.1) is 0 Å². The molecule has 1 N–H and O–H groups in total. The van der Waals surface area contributed by atoms with E-state index in [1.165, 1.54) is 0 Å². The molecule has 1 atom stereocenters. The van der Waals surface area contributed by atoms with Crippen LogP contribution in [0.4, 0.5) is 0 Å². The summed E-state index contributed by atoms with van der Waals surface area (Å²) in [5, 5.41) is 7.07. The van der Waals surface area contributed by atoms with Crippen LogP contribution in [0.25, 0.3) is 11.4 Å². The van der Waals surface area contributed by atoms with Gasteiger partial charge in [-0.15, -0.1) is 0 Å². The predicted octanol–water partition coefficient (Wildman–Crippen LogP) is 2.38. The standard InChI is InChI=1S/C12H15N3OS2/c1-18(16)9-5-8-15-11(13-14-12(15)17)10-6-3-2-4-7-10/h2-4,6-7H,5,8-9H2,1H3,(H,14,17). The zero-order valence-corrected chi connectivity index (χ0v) is 11.8. The molecule has 1 heterocycles. The monoisotopic (exact) mass is 281 g/mol. The Hall–Kier alpha value is -1.27. The first kappa shape index (κ1) is 13.2. The first-order chi connectivity index (χ1) is 8.68. The first-order valence-electron chi connectivity index (χ1n) is 5.69. The van der Waals surface area contributed by atoms with Gasteiger partial charge in [0.15, 0.2) is 10.6 Å². The zero-order chi connectivity index (χ0) is 13.0. The molecule has 0 fully saturated rings. The van der Waals surface area contributed by atoms with E-state index in [9.17, 15) is 4.21 Å². The molecule has 1 unspecified atom stereocenters. The fourth-order valence-corrected chi connectivity index (χ4v) is 2.52. The van der Waals surface area contributed by atoms with Crippen LogP contribution in [0, 0.1) is 4.77 Å². The maximum Gasteiger partial charge on any atom is 0.195 e. The second-order valence-electron chi connectivity index (χ2n) is 4.00. The van der Waals surface area contributed by atoms with Gasteiger partial charge in [0, 0.05) is 34.9 Å². The van der Waals surface area contributed by atoms with Crippen molar-refractivity contribution in [2.24, 2.45) is 0 Å². The van der Waals surface area contributed by atoms with E-state index in [1.54, 1.807) is 6.26 Å². The Morgan fingerprint density at radius 2 is 2.11 bits per heavy atom. The summed E-state index contributed by atoms with van der Waals surface area (Å²) in [5.41, 5.74) is 1.03. The number of aromatic nitrogens is 3. The van der Waals surface area contributed by atoms with E-state index in [0.29, 0.717) is 10.5 Å². The molecular formula is C12H15N3OS2. The second-order valence-corrected chi connectivity index (χ2v) is 5.94. The third-order valence-electron chi connectivity index (χ3n) is 2.60. The van der Waals surface area contributed by atoms with Crippen molar-refractivity contribution in [1.82, 2.24) is 14.8 Å². The Balaban J connectivity index is 2.22. The SMILES string of the molecule is CS(=O)CCCn1c(-c2ccccc2)n[nH]c1=S. The summed E-state index contributed by atoms with van der Waals surface area (Å²) in [6.07, 6.45) is 2.55. The summed E-state index contributed by atoms with van der Waals surface area (Å²) in [6.45, 7) is 0.735. The third kappa shape index (κ3) is 3.14. The van der Waals surface area contributed by atoms with Gasteiger partial charge in [0.25, 0.3) is 0 Å². The Morgan fingerprint density at radius 1 is 1.39 bits per heavy atom. The summed E-state index contributed by atoms with van der Waals surface area (Å²) in [4.78, 5) is 0. The number of hydrogen-bond acceptors (Lipinski definition) is 3. The summed E-state index contributed by atoms with van der Waals surface area (Å²) >= 11 is 5.22. The Labute approximate surface area is 114 Å². The van der Waals surface area contributed by atoms with E-state index >= 15 is 0 Å². The molecule has 1 aromatic heterocycles. The van der Waals surface area contributed by atoms with Crippen LogP contribution in [0.3, 0.4) is 0 Å². The van der Waals surface area contributed by atoms with E-state index < -0.39 is 10.8 Å². The van der Waals surface area contributed by atoms with Crippen molar-refractivity contribution >= 4 is 23.0 Å². The van der Waals surface area contributed by atoms with Crippen LogP contribution in [0.15, 0.2) is 30.3 Å². The van der Waals surface area contributed by atoms with Gasteiger partial charge in [-0.25, -0.2) is 0 Å². The van der Waals surface area contributed by atoms with Crippen molar-refractivity contribution in [3.05, 3.63) is 35.1 Å². The Kier molecular flexibility index (Phi) is 4.43. The predicted molar refractivity (Wildman–Crippen MR) is 76.4 cm³/mol. The van der Waals surface area contributed by atoms with E-state index in [1.807, 2.05) is 34.9 Å². The minimum Gasteiger partial charge on any atom is -0.300 e. The molecular weight excluding hydrogens is 266 g/mol. The molecule has 0 saturated carbocycles. The van der Waals surface area contributed by atoms with Gasteiger partial charge >= 0.3 is 0 Å². The first-order valence-corrected chi connectivity index (χ1v) is 7.82. The average Bonchev–Trinajstić information content (AvgIpc) is 2.72. The summed E-state index contributed by atoms with van der Waals surface area (Å²) in [5.74, 6) is 1.52. The molecule has 1 aromatic carbocycles. The molecule has 2 rings (SSSR count). The van der Waals surface area contributed by atoms with Crippen LogP contribution < -0.4 is 0 Å².